The van der Waals surface area contributed by atoms with Crippen molar-refractivity contribution in [3.63, 3.8) is 0 Å². The summed E-state index contributed by atoms with van der Waals surface area (Å²) >= 11 is 0. The van der Waals surface area contributed by atoms with E-state index in [1.807, 2.05) is 6.07 Å². The number of rotatable bonds is 5. The van der Waals surface area contributed by atoms with E-state index >= 15 is 0 Å². The maximum absolute atomic E-state index is 13.5. The van der Waals surface area contributed by atoms with Crippen molar-refractivity contribution in [1.29, 1.82) is 0 Å². The van der Waals surface area contributed by atoms with Crippen LogP contribution in [0.3, 0.4) is 0 Å². The van der Waals surface area contributed by atoms with Gasteiger partial charge in [-0.15, -0.1) is 0 Å². The number of nitrogens with zero attached hydrogens (tertiary/aromatic N) is 1. The van der Waals surface area contributed by atoms with E-state index in [-0.39, 0.29) is 17.7 Å². The summed E-state index contributed by atoms with van der Waals surface area (Å²) in [6, 6.07) is 4.08. The fourth-order valence-electron chi connectivity index (χ4n) is 3.41. The summed E-state index contributed by atoms with van der Waals surface area (Å²) in [6.07, 6.45) is 1.70. The van der Waals surface area contributed by atoms with E-state index in [2.05, 4.69) is 0 Å². The Kier molecular flexibility index (Phi) is 5.27. The molecule has 1 atom stereocenters. The van der Waals surface area contributed by atoms with Gasteiger partial charge < -0.3 is 10.0 Å². The van der Waals surface area contributed by atoms with Crippen molar-refractivity contribution in [1.82, 2.24) is 4.90 Å². The molecule has 1 fully saturated rings. The summed E-state index contributed by atoms with van der Waals surface area (Å²) in [4.78, 5) is 25.6. The van der Waals surface area contributed by atoms with Crippen molar-refractivity contribution in [2.75, 3.05) is 7.05 Å². The third kappa shape index (κ3) is 3.17. The maximum Gasteiger partial charge on any atom is 0.326 e. The normalized spacial score (nSPS) is 17.9. The van der Waals surface area contributed by atoms with Gasteiger partial charge in [-0.3, -0.25) is 4.79 Å². The molecular weight excluding hydrogens is 342 g/mol. The van der Waals surface area contributed by atoms with E-state index in [1.54, 1.807) is 26.0 Å². The van der Waals surface area contributed by atoms with E-state index < -0.39 is 32.5 Å². The average Bonchev–Trinajstić information content (AvgIpc) is 3.06. The Balaban J connectivity index is 2.58. The molecule has 1 aliphatic carbocycles. The van der Waals surface area contributed by atoms with Crippen LogP contribution >= 0.6 is 0 Å². The number of carbonyl (C=O) groups is 2. The summed E-state index contributed by atoms with van der Waals surface area (Å²) in [6.45, 7) is 4.90. The van der Waals surface area contributed by atoms with Gasteiger partial charge in [-0.1, -0.05) is 25.0 Å². The lowest BCUT2D eigenvalue weighted by Crippen LogP contribution is -2.54. The zero-order valence-electron chi connectivity index (χ0n) is 15.1. The summed E-state index contributed by atoms with van der Waals surface area (Å²) < 4.78 is 25.4. The lowest BCUT2D eigenvalue weighted by atomic mass is 10.0. The SMILES string of the molecule is Cc1ccc(C)c(S(=O)(=O)C2(C(=O)N(C)C(C)C(=O)O)CCCC2)c1. The minimum absolute atomic E-state index is 0.166. The molecule has 1 unspecified atom stereocenters. The zero-order chi connectivity index (χ0) is 19.0. The van der Waals surface area contributed by atoms with E-state index in [4.69, 9.17) is 0 Å². The van der Waals surface area contributed by atoms with Crippen LogP contribution in [0.2, 0.25) is 0 Å². The van der Waals surface area contributed by atoms with Gasteiger partial charge in [-0.2, -0.15) is 0 Å². The number of aryl methyl sites for hydroxylation is 2. The number of carboxylic acid groups (broad SMARTS) is 1. The largest absolute Gasteiger partial charge is 0.480 e. The lowest BCUT2D eigenvalue weighted by Gasteiger charge is -2.34. The molecule has 6 nitrogen and oxygen atoms in total. The van der Waals surface area contributed by atoms with Crippen LogP contribution in [0.1, 0.15) is 43.7 Å². The molecule has 0 aromatic heterocycles. The number of carboxylic acids is 1. The van der Waals surface area contributed by atoms with Crippen molar-refractivity contribution in [3.05, 3.63) is 29.3 Å². The van der Waals surface area contributed by atoms with Gasteiger partial charge in [-0.05, 0) is 50.8 Å². The summed E-state index contributed by atoms with van der Waals surface area (Å²) in [5.74, 6) is -1.78. The van der Waals surface area contributed by atoms with Crippen molar-refractivity contribution in [2.45, 2.75) is 62.1 Å². The minimum atomic E-state index is -3.94. The third-order valence-corrected chi connectivity index (χ3v) is 7.84. The second-order valence-electron chi connectivity index (χ2n) is 6.90. The van der Waals surface area contributed by atoms with Crippen LogP contribution in [0.25, 0.3) is 0 Å². The summed E-state index contributed by atoms with van der Waals surface area (Å²) in [5.41, 5.74) is 1.40. The minimum Gasteiger partial charge on any atom is -0.480 e. The molecule has 0 radical (unpaired) electrons. The smallest absolute Gasteiger partial charge is 0.326 e. The Hall–Kier alpha value is -1.89. The van der Waals surface area contributed by atoms with Crippen LogP contribution in [0.15, 0.2) is 23.1 Å². The molecule has 0 heterocycles. The first-order valence-electron chi connectivity index (χ1n) is 8.36. The monoisotopic (exact) mass is 367 g/mol. The van der Waals surface area contributed by atoms with E-state index in [0.717, 1.165) is 10.5 Å². The predicted octanol–water partition coefficient (Wildman–Crippen LogP) is 2.32. The van der Waals surface area contributed by atoms with Crippen LogP contribution in [0.4, 0.5) is 0 Å². The number of sulfone groups is 1. The number of likely N-dealkylation sites (N-methyl/N-ethyl adjacent to an activating group) is 1. The van der Waals surface area contributed by atoms with Gasteiger partial charge in [0.1, 0.15) is 6.04 Å². The van der Waals surface area contributed by atoms with Crippen LogP contribution in [0, 0.1) is 13.8 Å². The highest BCUT2D eigenvalue weighted by molar-refractivity contribution is 7.93. The highest BCUT2D eigenvalue weighted by Crippen LogP contribution is 2.43. The number of aliphatic carboxylic acids is 1. The van der Waals surface area contributed by atoms with Gasteiger partial charge in [0.25, 0.3) is 0 Å². The first-order valence-corrected chi connectivity index (χ1v) is 9.85. The number of carbonyl (C=O) groups excluding carboxylic acids is 1. The standard InChI is InChI=1S/C18H25NO5S/c1-12-7-8-13(2)15(11-12)25(23,24)18(9-5-6-10-18)17(22)19(4)14(3)16(20)21/h7-8,11,14H,5-6,9-10H2,1-4H3,(H,20,21). The topological polar surface area (TPSA) is 91.8 Å². The molecule has 25 heavy (non-hydrogen) atoms. The van der Waals surface area contributed by atoms with Crippen LogP contribution in [0.5, 0.6) is 0 Å². The van der Waals surface area contributed by atoms with Gasteiger partial charge in [0.15, 0.2) is 14.6 Å². The molecule has 1 N–H and O–H groups in total. The number of amides is 1. The third-order valence-electron chi connectivity index (χ3n) is 5.21. The van der Waals surface area contributed by atoms with Crippen LogP contribution in [-0.4, -0.2) is 48.1 Å². The van der Waals surface area contributed by atoms with Gasteiger partial charge in [0, 0.05) is 7.05 Å². The lowest BCUT2D eigenvalue weighted by molar-refractivity contribution is -0.149. The molecule has 0 aliphatic heterocycles. The number of hydrogen-bond donors (Lipinski definition) is 1. The molecule has 7 heteroatoms. The molecule has 1 aromatic rings. The van der Waals surface area contributed by atoms with Gasteiger partial charge in [-0.25, -0.2) is 13.2 Å². The molecule has 1 aromatic carbocycles. The first-order chi connectivity index (χ1) is 11.5. The molecule has 1 aliphatic rings. The number of hydrogen-bond acceptors (Lipinski definition) is 4. The number of benzene rings is 1. The quantitative estimate of drug-likeness (QED) is 0.862. The highest BCUT2D eigenvalue weighted by atomic mass is 32.2. The molecule has 0 bridgehead atoms. The van der Waals surface area contributed by atoms with Crippen molar-refractivity contribution in [3.8, 4) is 0 Å². The average molecular weight is 367 g/mol. The second kappa shape index (κ2) is 6.78. The Bertz CT molecular complexity index is 794. The fraction of sp³-hybridized carbons (Fsp3) is 0.556. The zero-order valence-corrected chi connectivity index (χ0v) is 15.9. The van der Waals surface area contributed by atoms with Crippen molar-refractivity contribution in [2.24, 2.45) is 0 Å². The van der Waals surface area contributed by atoms with Gasteiger partial charge in [0.2, 0.25) is 5.91 Å². The second-order valence-corrected chi connectivity index (χ2v) is 9.13. The van der Waals surface area contributed by atoms with E-state index in [0.29, 0.717) is 18.4 Å². The van der Waals surface area contributed by atoms with Crippen molar-refractivity contribution < 1.29 is 23.1 Å². The first kappa shape index (κ1) is 19.4. The predicted molar refractivity (Wildman–Crippen MR) is 94.2 cm³/mol. The van der Waals surface area contributed by atoms with Gasteiger partial charge in [0.05, 0.1) is 4.90 Å². The Morgan fingerprint density at radius 3 is 2.28 bits per heavy atom. The molecule has 2 rings (SSSR count). The van der Waals surface area contributed by atoms with E-state index in [1.165, 1.54) is 14.0 Å². The molecular formula is C18H25NO5S. The van der Waals surface area contributed by atoms with E-state index in [9.17, 15) is 23.1 Å². The molecule has 138 valence electrons. The summed E-state index contributed by atoms with van der Waals surface area (Å²) in [5, 5.41) is 9.19. The highest BCUT2D eigenvalue weighted by Gasteiger charge is 2.55. The van der Waals surface area contributed by atoms with Gasteiger partial charge >= 0.3 is 5.97 Å². The van der Waals surface area contributed by atoms with Crippen LogP contribution in [-0.2, 0) is 19.4 Å². The Labute approximate surface area is 148 Å². The Morgan fingerprint density at radius 1 is 1.20 bits per heavy atom. The molecule has 1 saturated carbocycles. The molecule has 0 spiro atoms. The summed E-state index contributed by atoms with van der Waals surface area (Å²) in [7, 11) is -2.58. The Morgan fingerprint density at radius 2 is 1.76 bits per heavy atom. The van der Waals surface area contributed by atoms with Crippen molar-refractivity contribution >= 4 is 21.7 Å². The fourth-order valence-corrected chi connectivity index (χ4v) is 5.87. The van der Waals surface area contributed by atoms with Crippen LogP contribution < -0.4 is 0 Å². The molecule has 0 saturated heterocycles. The maximum atomic E-state index is 13.5. The molecule has 1 amide bonds.